The first kappa shape index (κ1) is 12.0. The molecule has 17 heavy (non-hydrogen) atoms. The summed E-state index contributed by atoms with van der Waals surface area (Å²) in [5.41, 5.74) is 0.230. The Kier molecular flexibility index (Phi) is 3.37. The molecule has 0 bridgehead atoms. The second-order valence-electron chi connectivity index (χ2n) is 3.50. The molecule has 2 heterocycles. The molecule has 2 aliphatic heterocycles. The van der Waals surface area contributed by atoms with Crippen LogP contribution in [0.2, 0.25) is 0 Å². The molecule has 1 fully saturated rings. The quantitative estimate of drug-likeness (QED) is 0.519. The second kappa shape index (κ2) is 4.79. The van der Waals surface area contributed by atoms with E-state index in [4.69, 9.17) is 4.74 Å². The van der Waals surface area contributed by atoms with Crippen LogP contribution >= 0.6 is 11.8 Å². The summed E-state index contributed by atoms with van der Waals surface area (Å²) in [4.78, 5) is 35.2. The number of esters is 2. The Morgan fingerprint density at radius 1 is 1.59 bits per heavy atom. The normalized spacial score (nSPS) is 22.2. The number of amides is 1. The molecule has 0 aromatic rings. The van der Waals surface area contributed by atoms with Gasteiger partial charge in [0, 0.05) is 5.75 Å². The van der Waals surface area contributed by atoms with Gasteiger partial charge in [0.1, 0.15) is 5.70 Å². The van der Waals surface area contributed by atoms with Crippen LogP contribution in [0.5, 0.6) is 0 Å². The molecule has 0 aromatic carbocycles. The third kappa shape index (κ3) is 2.28. The van der Waals surface area contributed by atoms with Crippen LogP contribution in [0.4, 0.5) is 0 Å². The molecule has 1 saturated heterocycles. The SMILES string of the molecule is COC(=O)COC(=O)C1=CCSC2CC(=O)N12. The summed E-state index contributed by atoms with van der Waals surface area (Å²) in [6, 6.07) is 0. The fraction of sp³-hybridized carbons (Fsp3) is 0.500. The molecule has 2 aliphatic rings. The summed E-state index contributed by atoms with van der Waals surface area (Å²) in [5, 5.41) is 0.0353. The lowest BCUT2D eigenvalue weighted by Gasteiger charge is -2.42. The average molecular weight is 257 g/mol. The van der Waals surface area contributed by atoms with Gasteiger partial charge in [0.2, 0.25) is 5.91 Å². The molecule has 0 saturated carbocycles. The lowest BCUT2D eigenvalue weighted by atomic mass is 10.1. The van der Waals surface area contributed by atoms with E-state index in [-0.39, 0.29) is 17.0 Å². The van der Waals surface area contributed by atoms with E-state index in [0.717, 1.165) is 0 Å². The highest BCUT2D eigenvalue weighted by molar-refractivity contribution is 8.00. The van der Waals surface area contributed by atoms with Crippen LogP contribution in [0.1, 0.15) is 6.42 Å². The zero-order valence-corrected chi connectivity index (χ0v) is 9.99. The first-order valence-corrected chi connectivity index (χ1v) is 6.06. The number of fused-ring (bicyclic) bond motifs is 1. The predicted octanol–water partition coefficient (Wildman–Crippen LogP) is -0.108. The molecule has 1 unspecified atom stereocenters. The molecule has 0 radical (unpaired) electrons. The Bertz CT molecular complexity index is 406. The van der Waals surface area contributed by atoms with Gasteiger partial charge in [-0.15, -0.1) is 11.8 Å². The third-order valence-corrected chi connectivity index (χ3v) is 3.61. The van der Waals surface area contributed by atoms with Crippen molar-refractivity contribution in [3.05, 3.63) is 11.8 Å². The van der Waals surface area contributed by atoms with Gasteiger partial charge in [0.05, 0.1) is 18.9 Å². The highest BCUT2D eigenvalue weighted by Crippen LogP contribution is 2.37. The molecular weight excluding hydrogens is 246 g/mol. The number of nitrogens with zero attached hydrogens (tertiary/aromatic N) is 1. The summed E-state index contributed by atoms with van der Waals surface area (Å²) < 4.78 is 9.10. The van der Waals surface area contributed by atoms with Crippen molar-refractivity contribution in [2.24, 2.45) is 0 Å². The fourth-order valence-electron chi connectivity index (χ4n) is 1.59. The number of thioether (sulfide) groups is 1. The Hall–Kier alpha value is -1.50. The Morgan fingerprint density at radius 2 is 2.35 bits per heavy atom. The zero-order chi connectivity index (χ0) is 12.4. The molecular formula is C10H11NO5S. The maximum Gasteiger partial charge on any atom is 0.355 e. The summed E-state index contributed by atoms with van der Waals surface area (Å²) in [6.45, 7) is -0.438. The topological polar surface area (TPSA) is 72.9 Å². The zero-order valence-electron chi connectivity index (χ0n) is 9.17. The van der Waals surface area contributed by atoms with Crippen molar-refractivity contribution >= 4 is 29.6 Å². The van der Waals surface area contributed by atoms with E-state index in [1.54, 1.807) is 17.8 Å². The monoisotopic (exact) mass is 257 g/mol. The maximum absolute atomic E-state index is 11.7. The van der Waals surface area contributed by atoms with Crippen molar-refractivity contribution in [3.8, 4) is 0 Å². The number of hydrogen-bond donors (Lipinski definition) is 0. The van der Waals surface area contributed by atoms with Gasteiger partial charge in [-0.3, -0.25) is 9.69 Å². The van der Waals surface area contributed by atoms with E-state index in [0.29, 0.717) is 12.2 Å². The molecule has 1 atom stereocenters. The van der Waals surface area contributed by atoms with Gasteiger partial charge in [0.25, 0.3) is 0 Å². The van der Waals surface area contributed by atoms with E-state index < -0.39 is 18.5 Å². The van der Waals surface area contributed by atoms with Crippen molar-refractivity contribution in [1.29, 1.82) is 0 Å². The smallest absolute Gasteiger partial charge is 0.355 e. The van der Waals surface area contributed by atoms with E-state index in [2.05, 4.69) is 4.74 Å². The first-order valence-electron chi connectivity index (χ1n) is 5.01. The average Bonchev–Trinajstić information content (AvgIpc) is 2.33. The van der Waals surface area contributed by atoms with E-state index >= 15 is 0 Å². The summed E-state index contributed by atoms with van der Waals surface area (Å²) in [6.07, 6.45) is 2.09. The Balaban J connectivity index is 1.96. The molecule has 2 rings (SSSR count). The van der Waals surface area contributed by atoms with Gasteiger partial charge >= 0.3 is 11.9 Å². The standard InChI is InChI=1S/C10H11NO5S/c1-15-9(13)5-16-10(14)6-2-3-17-8-4-7(12)11(6)8/h2,8H,3-5H2,1H3. The summed E-state index contributed by atoms with van der Waals surface area (Å²) in [7, 11) is 1.21. The van der Waals surface area contributed by atoms with Gasteiger partial charge < -0.3 is 9.47 Å². The second-order valence-corrected chi connectivity index (χ2v) is 4.71. The highest BCUT2D eigenvalue weighted by atomic mass is 32.2. The van der Waals surface area contributed by atoms with E-state index in [1.807, 2.05) is 0 Å². The molecule has 0 aliphatic carbocycles. The predicted molar refractivity (Wildman–Crippen MR) is 58.8 cm³/mol. The molecule has 0 spiro atoms. The fourth-order valence-corrected chi connectivity index (χ4v) is 2.70. The van der Waals surface area contributed by atoms with E-state index in [9.17, 15) is 14.4 Å². The van der Waals surface area contributed by atoms with Gasteiger partial charge in [-0.1, -0.05) is 0 Å². The molecule has 0 aromatic heterocycles. The number of β-lactam (4-membered cyclic amide) rings is 1. The Morgan fingerprint density at radius 3 is 3.00 bits per heavy atom. The molecule has 6 nitrogen and oxygen atoms in total. The van der Waals surface area contributed by atoms with Crippen LogP contribution in [-0.4, -0.2) is 47.6 Å². The highest BCUT2D eigenvalue weighted by Gasteiger charge is 2.43. The number of methoxy groups -OCH3 is 1. The summed E-state index contributed by atoms with van der Waals surface area (Å²) in [5.74, 6) is -0.718. The van der Waals surface area contributed by atoms with Gasteiger partial charge in [-0.05, 0) is 6.08 Å². The van der Waals surface area contributed by atoms with Crippen molar-refractivity contribution in [2.75, 3.05) is 19.5 Å². The maximum atomic E-state index is 11.7. The number of carbonyl (C=O) groups excluding carboxylic acids is 3. The van der Waals surface area contributed by atoms with Crippen LogP contribution in [0.3, 0.4) is 0 Å². The lowest BCUT2D eigenvalue weighted by molar-refractivity contribution is -0.157. The van der Waals surface area contributed by atoms with Gasteiger partial charge in [-0.25, -0.2) is 9.59 Å². The van der Waals surface area contributed by atoms with E-state index in [1.165, 1.54) is 12.0 Å². The van der Waals surface area contributed by atoms with Crippen LogP contribution in [0, 0.1) is 0 Å². The van der Waals surface area contributed by atoms with Crippen LogP contribution in [0.15, 0.2) is 11.8 Å². The minimum Gasteiger partial charge on any atom is -0.466 e. The number of carbonyl (C=O) groups is 3. The van der Waals surface area contributed by atoms with Crippen molar-refractivity contribution < 1.29 is 23.9 Å². The first-order chi connectivity index (χ1) is 8.13. The molecule has 92 valence electrons. The third-order valence-electron chi connectivity index (χ3n) is 2.49. The molecule has 1 amide bonds. The minimum atomic E-state index is -0.659. The van der Waals surface area contributed by atoms with Crippen LogP contribution in [-0.2, 0) is 23.9 Å². The number of ether oxygens (including phenoxy) is 2. The van der Waals surface area contributed by atoms with Gasteiger partial charge in [0.15, 0.2) is 6.61 Å². The van der Waals surface area contributed by atoms with Crippen molar-refractivity contribution in [3.63, 3.8) is 0 Å². The molecule has 0 N–H and O–H groups in total. The van der Waals surface area contributed by atoms with Crippen LogP contribution in [0.25, 0.3) is 0 Å². The number of rotatable bonds is 3. The van der Waals surface area contributed by atoms with Crippen molar-refractivity contribution in [1.82, 2.24) is 4.90 Å². The largest absolute Gasteiger partial charge is 0.466 e. The Labute approximate surface area is 102 Å². The number of hydrogen-bond acceptors (Lipinski definition) is 6. The lowest BCUT2D eigenvalue weighted by Crippen LogP contribution is -2.53. The van der Waals surface area contributed by atoms with Crippen molar-refractivity contribution in [2.45, 2.75) is 11.8 Å². The minimum absolute atomic E-state index is 0.0353. The van der Waals surface area contributed by atoms with Gasteiger partial charge in [-0.2, -0.15) is 0 Å². The molecule has 7 heteroatoms. The van der Waals surface area contributed by atoms with Crippen LogP contribution < -0.4 is 0 Å². The summed E-state index contributed by atoms with van der Waals surface area (Å²) >= 11 is 1.60.